The van der Waals surface area contributed by atoms with Crippen molar-refractivity contribution in [3.8, 4) is 0 Å². The largest absolute Gasteiger partial charge is 0.469 e. The van der Waals surface area contributed by atoms with Crippen LogP contribution < -0.4 is 11.2 Å². The van der Waals surface area contributed by atoms with Crippen LogP contribution in [0.4, 0.5) is 0 Å². The Kier molecular flexibility index (Phi) is 8.13. The van der Waals surface area contributed by atoms with Crippen molar-refractivity contribution in [2.75, 3.05) is 20.2 Å². The maximum Gasteiger partial charge on any atom is 0.329 e. The third-order valence-electron chi connectivity index (χ3n) is 4.92. The van der Waals surface area contributed by atoms with Crippen LogP contribution in [0.25, 0.3) is 11.0 Å². The van der Waals surface area contributed by atoms with E-state index < -0.39 is 17.2 Å². The summed E-state index contributed by atoms with van der Waals surface area (Å²) in [7, 11) is 1.30. The predicted molar refractivity (Wildman–Crippen MR) is 118 cm³/mol. The lowest BCUT2D eigenvalue weighted by Crippen LogP contribution is -2.38. The number of aromatic nitrogens is 3. The van der Waals surface area contributed by atoms with Crippen molar-refractivity contribution < 1.29 is 14.3 Å². The van der Waals surface area contributed by atoms with Crippen molar-refractivity contribution in [1.82, 2.24) is 19.4 Å². The maximum atomic E-state index is 13.6. The van der Waals surface area contributed by atoms with Gasteiger partial charge in [-0.15, -0.1) is 0 Å². The maximum absolute atomic E-state index is 13.6. The predicted octanol–water partition coefficient (Wildman–Crippen LogP) is 2.28. The van der Waals surface area contributed by atoms with Gasteiger partial charge in [-0.25, -0.2) is 9.78 Å². The number of rotatable bonds is 9. The number of H-pyrrole nitrogens is 1. The second kappa shape index (κ2) is 10.4. The Morgan fingerprint density at radius 2 is 1.90 bits per heavy atom. The third-order valence-corrected chi connectivity index (χ3v) is 4.92. The van der Waals surface area contributed by atoms with Crippen LogP contribution in [-0.4, -0.2) is 51.5 Å². The summed E-state index contributed by atoms with van der Waals surface area (Å²) in [5.74, 6) is -0.664. The highest BCUT2D eigenvalue weighted by Crippen LogP contribution is 2.22. The molecule has 0 aliphatic rings. The zero-order valence-electron chi connectivity index (χ0n) is 19.2. The molecule has 0 fully saturated rings. The van der Waals surface area contributed by atoms with Gasteiger partial charge < -0.3 is 9.64 Å². The summed E-state index contributed by atoms with van der Waals surface area (Å²) in [5.41, 5.74) is -0.178. The molecule has 9 nitrogen and oxygen atoms in total. The van der Waals surface area contributed by atoms with E-state index in [0.29, 0.717) is 25.2 Å². The zero-order chi connectivity index (χ0) is 23.3. The summed E-state index contributed by atoms with van der Waals surface area (Å²) in [5, 5.41) is 0.0919. The first-order chi connectivity index (χ1) is 14.6. The molecule has 0 spiro atoms. The number of nitrogens with one attached hydrogen (secondary N) is 1. The number of fused-ring (bicyclic) bond motifs is 1. The Bertz CT molecular complexity index is 1070. The number of carbonyl (C=O) groups is 2. The molecule has 2 rings (SSSR count). The van der Waals surface area contributed by atoms with E-state index in [1.54, 1.807) is 11.0 Å². The fourth-order valence-electron chi connectivity index (χ4n) is 3.40. The number of esters is 1. The molecule has 170 valence electrons. The SMILES string of the molecule is CCCn1c(=O)[nH]c(=O)c2c(C(=O)N(CCC(=O)OC)CC(C)C)cc(C(C)C)nc21. The van der Waals surface area contributed by atoms with E-state index in [-0.39, 0.29) is 47.3 Å². The lowest BCUT2D eigenvalue weighted by molar-refractivity contribution is -0.140. The third kappa shape index (κ3) is 5.59. The average Bonchev–Trinajstić information content (AvgIpc) is 2.71. The number of ether oxygens (including phenoxy) is 1. The molecule has 0 aliphatic carbocycles. The summed E-state index contributed by atoms with van der Waals surface area (Å²) in [6.07, 6.45) is 0.711. The molecule has 0 aliphatic heterocycles. The Hall–Kier alpha value is -2.97. The van der Waals surface area contributed by atoms with Gasteiger partial charge in [0.15, 0.2) is 5.65 Å². The molecular weight excluding hydrogens is 400 g/mol. The molecule has 0 radical (unpaired) electrons. The van der Waals surface area contributed by atoms with E-state index in [0.717, 1.165) is 0 Å². The van der Waals surface area contributed by atoms with Gasteiger partial charge in [0.2, 0.25) is 0 Å². The van der Waals surface area contributed by atoms with Gasteiger partial charge in [0.25, 0.3) is 11.5 Å². The molecule has 9 heteroatoms. The molecule has 31 heavy (non-hydrogen) atoms. The smallest absolute Gasteiger partial charge is 0.329 e. The minimum absolute atomic E-state index is 0.0194. The molecule has 0 bridgehead atoms. The first-order valence-corrected chi connectivity index (χ1v) is 10.6. The van der Waals surface area contributed by atoms with E-state index in [1.165, 1.54) is 11.7 Å². The second-order valence-electron chi connectivity index (χ2n) is 8.33. The molecule has 1 N–H and O–H groups in total. The Labute approximate surface area is 181 Å². The van der Waals surface area contributed by atoms with Crippen LogP contribution in [0.3, 0.4) is 0 Å². The van der Waals surface area contributed by atoms with Crippen molar-refractivity contribution in [1.29, 1.82) is 0 Å². The Morgan fingerprint density at radius 1 is 1.23 bits per heavy atom. The number of aromatic amines is 1. The lowest BCUT2D eigenvalue weighted by Gasteiger charge is -2.25. The zero-order valence-corrected chi connectivity index (χ0v) is 19.2. The molecule has 0 unspecified atom stereocenters. The molecule has 0 aromatic carbocycles. The molecule has 2 aromatic heterocycles. The molecular formula is C22H32N4O5. The van der Waals surface area contributed by atoms with Gasteiger partial charge in [0.1, 0.15) is 0 Å². The molecule has 0 saturated heterocycles. The number of hydrogen-bond donors (Lipinski definition) is 1. The summed E-state index contributed by atoms with van der Waals surface area (Å²) in [6.45, 7) is 10.6. The quantitative estimate of drug-likeness (QED) is 0.608. The van der Waals surface area contributed by atoms with Crippen LogP contribution in [0.2, 0.25) is 0 Å². The number of carbonyl (C=O) groups excluding carboxylic acids is 2. The van der Waals surface area contributed by atoms with Gasteiger partial charge in [0, 0.05) is 25.3 Å². The van der Waals surface area contributed by atoms with Crippen LogP contribution in [-0.2, 0) is 16.1 Å². The minimum Gasteiger partial charge on any atom is -0.469 e. The molecule has 2 aromatic rings. The molecule has 0 atom stereocenters. The Balaban J connectivity index is 2.74. The van der Waals surface area contributed by atoms with Gasteiger partial charge in [-0.1, -0.05) is 34.6 Å². The molecule has 1 amide bonds. The van der Waals surface area contributed by atoms with Crippen LogP contribution in [0, 0.1) is 5.92 Å². The highest BCUT2D eigenvalue weighted by molar-refractivity contribution is 6.05. The van der Waals surface area contributed by atoms with Crippen LogP contribution in [0.1, 0.15) is 69.4 Å². The summed E-state index contributed by atoms with van der Waals surface area (Å²) < 4.78 is 6.11. The number of hydrogen-bond acceptors (Lipinski definition) is 6. The van der Waals surface area contributed by atoms with Crippen molar-refractivity contribution in [2.45, 2.75) is 59.9 Å². The van der Waals surface area contributed by atoms with E-state index >= 15 is 0 Å². The molecule has 0 saturated carbocycles. The van der Waals surface area contributed by atoms with E-state index in [2.05, 4.69) is 9.97 Å². The monoisotopic (exact) mass is 432 g/mol. The van der Waals surface area contributed by atoms with Crippen LogP contribution >= 0.6 is 0 Å². The van der Waals surface area contributed by atoms with Crippen molar-refractivity contribution in [3.63, 3.8) is 0 Å². The standard InChI is InChI=1S/C22H32N4O5/c1-7-9-26-19-18(20(28)24-22(26)30)15(11-16(23-19)14(4)5)21(29)25(12-13(2)3)10-8-17(27)31-6/h11,13-14H,7-10,12H2,1-6H3,(H,24,28,30). The van der Waals surface area contributed by atoms with E-state index in [4.69, 9.17) is 4.74 Å². The minimum atomic E-state index is -0.643. The lowest BCUT2D eigenvalue weighted by atomic mass is 10.0. The topological polar surface area (TPSA) is 114 Å². The summed E-state index contributed by atoms with van der Waals surface area (Å²) >= 11 is 0. The van der Waals surface area contributed by atoms with Gasteiger partial charge in [-0.2, -0.15) is 0 Å². The fraction of sp³-hybridized carbons (Fsp3) is 0.591. The normalized spacial score (nSPS) is 11.4. The number of nitrogens with zero attached hydrogens (tertiary/aromatic N) is 3. The average molecular weight is 433 g/mol. The van der Waals surface area contributed by atoms with Crippen LogP contribution in [0.5, 0.6) is 0 Å². The van der Waals surface area contributed by atoms with Crippen molar-refractivity contribution in [3.05, 3.63) is 38.2 Å². The van der Waals surface area contributed by atoms with Gasteiger partial charge in [-0.3, -0.25) is 23.9 Å². The van der Waals surface area contributed by atoms with Gasteiger partial charge >= 0.3 is 11.7 Å². The molecule has 2 heterocycles. The van der Waals surface area contributed by atoms with Crippen LogP contribution in [0.15, 0.2) is 15.7 Å². The fourth-order valence-corrected chi connectivity index (χ4v) is 3.40. The number of aryl methyl sites for hydroxylation is 1. The number of pyridine rings is 1. The number of methoxy groups -OCH3 is 1. The van der Waals surface area contributed by atoms with E-state index in [1.807, 2.05) is 34.6 Å². The Morgan fingerprint density at radius 3 is 2.45 bits per heavy atom. The van der Waals surface area contributed by atoms with E-state index in [9.17, 15) is 19.2 Å². The highest BCUT2D eigenvalue weighted by Gasteiger charge is 2.25. The van der Waals surface area contributed by atoms with Crippen molar-refractivity contribution >= 4 is 22.9 Å². The van der Waals surface area contributed by atoms with Gasteiger partial charge in [-0.05, 0) is 24.3 Å². The summed E-state index contributed by atoms with van der Waals surface area (Å²) in [6, 6.07) is 1.62. The first kappa shape index (κ1) is 24.3. The second-order valence-corrected chi connectivity index (χ2v) is 8.33. The summed E-state index contributed by atoms with van der Waals surface area (Å²) in [4.78, 5) is 58.9. The highest BCUT2D eigenvalue weighted by atomic mass is 16.5. The first-order valence-electron chi connectivity index (χ1n) is 10.6. The van der Waals surface area contributed by atoms with Crippen molar-refractivity contribution in [2.24, 2.45) is 5.92 Å². The van der Waals surface area contributed by atoms with Gasteiger partial charge in [0.05, 0.1) is 24.5 Å². The number of amides is 1.